The Morgan fingerprint density at radius 2 is 1.72 bits per heavy atom. The number of benzene rings is 2. The van der Waals surface area contributed by atoms with Crippen LogP contribution in [-0.4, -0.2) is 95.3 Å². The number of fused-ring (bicyclic) bond motifs is 1. The number of amides is 5. The van der Waals surface area contributed by atoms with Crippen LogP contribution in [0.2, 0.25) is 5.02 Å². The Balaban J connectivity index is 1.40. The Morgan fingerprint density at radius 1 is 1.02 bits per heavy atom. The Kier molecular flexibility index (Phi) is 11.4. The number of urea groups is 1. The van der Waals surface area contributed by atoms with Crippen LogP contribution in [0.25, 0.3) is 10.8 Å². The monoisotopic (exact) mass is 674 g/mol. The van der Waals surface area contributed by atoms with Crippen molar-refractivity contribution in [1.82, 2.24) is 25.0 Å². The highest BCUT2D eigenvalue weighted by Gasteiger charge is 2.31. The maximum absolute atomic E-state index is 13.9. The molecule has 1 saturated heterocycles. The van der Waals surface area contributed by atoms with Gasteiger partial charge in [-0.1, -0.05) is 23.7 Å². The minimum Gasteiger partial charge on any atom is -0.447 e. The summed E-state index contributed by atoms with van der Waals surface area (Å²) in [6, 6.07) is 8.31. The number of nitrogens with zero attached hydrogens (tertiary/aromatic N) is 4. The summed E-state index contributed by atoms with van der Waals surface area (Å²) in [4.78, 5) is 60.1. The van der Waals surface area contributed by atoms with Crippen LogP contribution in [0.5, 0.6) is 0 Å². The van der Waals surface area contributed by atoms with Gasteiger partial charge in [-0.3, -0.25) is 10.1 Å². The van der Waals surface area contributed by atoms with E-state index in [0.717, 1.165) is 0 Å². The van der Waals surface area contributed by atoms with E-state index < -0.39 is 41.5 Å². The molecular weight excluding hydrogens is 638 g/mol. The van der Waals surface area contributed by atoms with Crippen LogP contribution >= 0.6 is 11.6 Å². The third kappa shape index (κ3) is 9.88. The van der Waals surface area contributed by atoms with Crippen molar-refractivity contribution < 1.29 is 37.4 Å². The lowest BCUT2D eigenvalue weighted by atomic mass is 10.1. The number of ether oxygens (including phenoxy) is 2. The first-order chi connectivity index (χ1) is 22.2. The van der Waals surface area contributed by atoms with Crippen LogP contribution in [0, 0.1) is 11.6 Å². The van der Waals surface area contributed by atoms with Crippen molar-refractivity contribution in [2.45, 2.75) is 45.4 Å². The highest BCUT2D eigenvalue weighted by atomic mass is 35.5. The predicted octanol–water partition coefficient (Wildman–Crippen LogP) is 5.39. The van der Waals surface area contributed by atoms with E-state index in [1.807, 2.05) is 0 Å². The number of pyridine rings is 1. The SMILES string of the molecule is CN(C(=O)NCc1cccc(F)c1Cl)[C@H](COC(=O)Nc1cc2cc(F)ccc2cn1)CC(=O)N1CCN(C(=O)OC(C)(C)C)CC1. The molecule has 0 saturated carbocycles. The van der Waals surface area contributed by atoms with Crippen molar-refractivity contribution >= 4 is 52.3 Å². The van der Waals surface area contributed by atoms with Crippen molar-refractivity contribution in [2.75, 3.05) is 45.2 Å². The second-order valence-electron chi connectivity index (χ2n) is 12.0. The number of piperazine rings is 1. The van der Waals surface area contributed by atoms with Gasteiger partial charge in [0.1, 0.15) is 29.7 Å². The number of carbonyl (C=O) groups excluding carboxylic acids is 4. The molecule has 5 amide bonds. The van der Waals surface area contributed by atoms with Crippen molar-refractivity contribution in [2.24, 2.45) is 0 Å². The van der Waals surface area contributed by atoms with Gasteiger partial charge in [0.15, 0.2) is 0 Å². The van der Waals surface area contributed by atoms with Gasteiger partial charge in [0.05, 0.1) is 17.5 Å². The number of nitrogens with one attached hydrogen (secondary N) is 2. The molecule has 15 heteroatoms. The third-order valence-corrected chi connectivity index (χ3v) is 7.77. The molecule has 0 spiro atoms. The maximum atomic E-state index is 13.9. The maximum Gasteiger partial charge on any atom is 0.412 e. The van der Waals surface area contributed by atoms with Gasteiger partial charge in [-0.25, -0.2) is 28.1 Å². The zero-order valence-electron chi connectivity index (χ0n) is 26.5. The standard InChI is InChI=1S/C32H37ClF2N6O6/c1-32(2,3)47-31(45)41-12-10-40(11-13-41)27(42)16-24(39(4)29(43)37-18-21-6-5-7-25(35)28(21)33)19-46-30(44)38-26-15-22-14-23(34)9-8-20(22)17-36-26/h5-9,14-15,17,24H,10-13,16,18-19H2,1-4H3,(H,37,43)(H,36,38,44)/t24-/m0/s1. The van der Waals surface area contributed by atoms with Crippen LogP contribution < -0.4 is 10.6 Å². The van der Waals surface area contributed by atoms with E-state index in [-0.39, 0.29) is 62.5 Å². The van der Waals surface area contributed by atoms with Gasteiger partial charge >= 0.3 is 18.2 Å². The number of hydrogen-bond donors (Lipinski definition) is 2. The molecule has 2 N–H and O–H groups in total. The lowest BCUT2D eigenvalue weighted by Gasteiger charge is -2.36. The first-order valence-corrected chi connectivity index (χ1v) is 15.3. The van der Waals surface area contributed by atoms with Gasteiger partial charge in [-0.05, 0) is 62.1 Å². The number of likely N-dealkylation sites (N-methyl/N-ethyl adjacent to an activating group) is 1. The fourth-order valence-corrected chi connectivity index (χ4v) is 4.94. The number of carbonyl (C=O) groups is 4. The summed E-state index contributed by atoms with van der Waals surface area (Å²) in [5, 5.41) is 6.17. The third-order valence-electron chi connectivity index (χ3n) is 7.34. The topological polar surface area (TPSA) is 133 Å². The first kappa shape index (κ1) is 35.1. The molecule has 0 aliphatic carbocycles. The van der Waals surface area contributed by atoms with Gasteiger partial charge in [0, 0.05) is 51.4 Å². The average molecular weight is 675 g/mol. The molecule has 1 atom stereocenters. The molecule has 0 bridgehead atoms. The van der Waals surface area contributed by atoms with Crippen molar-refractivity contribution in [1.29, 1.82) is 0 Å². The number of rotatable bonds is 8. The highest BCUT2D eigenvalue weighted by molar-refractivity contribution is 6.31. The molecule has 252 valence electrons. The number of halogens is 3. The largest absolute Gasteiger partial charge is 0.447 e. The molecule has 1 aliphatic heterocycles. The number of aromatic nitrogens is 1. The zero-order chi connectivity index (χ0) is 34.3. The van der Waals surface area contributed by atoms with E-state index >= 15 is 0 Å². The smallest absolute Gasteiger partial charge is 0.412 e. The molecular formula is C32H37ClF2N6O6. The molecule has 4 rings (SSSR count). The van der Waals surface area contributed by atoms with Gasteiger partial charge in [-0.2, -0.15) is 0 Å². The quantitative estimate of drug-likeness (QED) is 0.327. The molecule has 47 heavy (non-hydrogen) atoms. The predicted molar refractivity (Wildman–Crippen MR) is 171 cm³/mol. The molecule has 0 unspecified atom stereocenters. The molecule has 1 fully saturated rings. The fraction of sp³-hybridized carbons (Fsp3) is 0.406. The second kappa shape index (κ2) is 15.2. The van der Waals surface area contributed by atoms with Gasteiger partial charge in [-0.15, -0.1) is 0 Å². The summed E-state index contributed by atoms with van der Waals surface area (Å²) in [7, 11) is 1.43. The molecule has 2 aromatic carbocycles. The lowest BCUT2D eigenvalue weighted by Crippen LogP contribution is -2.53. The summed E-state index contributed by atoms with van der Waals surface area (Å²) in [5.41, 5.74) is -0.306. The minimum absolute atomic E-state index is 0.0946. The number of hydrogen-bond acceptors (Lipinski definition) is 7. The van der Waals surface area contributed by atoms with Crippen LogP contribution in [0.4, 0.5) is 29.0 Å². The van der Waals surface area contributed by atoms with E-state index in [9.17, 15) is 28.0 Å². The molecule has 0 radical (unpaired) electrons. The highest BCUT2D eigenvalue weighted by Crippen LogP contribution is 2.21. The van der Waals surface area contributed by atoms with Crippen molar-refractivity contribution in [3.8, 4) is 0 Å². The minimum atomic E-state index is -0.918. The molecule has 1 aliphatic rings. The molecule has 1 aromatic heterocycles. The van der Waals surface area contributed by atoms with E-state index in [4.69, 9.17) is 21.1 Å². The van der Waals surface area contributed by atoms with Crippen LogP contribution in [0.3, 0.4) is 0 Å². The van der Waals surface area contributed by atoms with Gasteiger partial charge in [0.2, 0.25) is 5.91 Å². The Bertz CT molecular complexity index is 1630. The van der Waals surface area contributed by atoms with Crippen LogP contribution in [0.1, 0.15) is 32.8 Å². The molecule has 12 nitrogen and oxygen atoms in total. The summed E-state index contributed by atoms with van der Waals surface area (Å²) in [6.07, 6.45) is -0.116. The average Bonchev–Trinajstić information content (AvgIpc) is 3.02. The summed E-state index contributed by atoms with van der Waals surface area (Å²) in [6.45, 7) is 5.85. The fourth-order valence-electron chi connectivity index (χ4n) is 4.74. The molecule has 2 heterocycles. The van der Waals surface area contributed by atoms with E-state index in [0.29, 0.717) is 16.3 Å². The van der Waals surface area contributed by atoms with Crippen molar-refractivity contribution in [3.05, 3.63) is 70.9 Å². The summed E-state index contributed by atoms with van der Waals surface area (Å²) in [5.74, 6) is -1.29. The van der Waals surface area contributed by atoms with E-state index in [1.54, 1.807) is 37.8 Å². The Hall–Kier alpha value is -4.72. The van der Waals surface area contributed by atoms with E-state index in [1.165, 1.54) is 53.4 Å². The van der Waals surface area contributed by atoms with Gasteiger partial charge < -0.3 is 29.5 Å². The Morgan fingerprint density at radius 3 is 2.43 bits per heavy atom. The second-order valence-corrected chi connectivity index (χ2v) is 12.4. The van der Waals surface area contributed by atoms with Gasteiger partial charge in [0.25, 0.3) is 0 Å². The van der Waals surface area contributed by atoms with E-state index in [2.05, 4.69) is 15.6 Å². The van der Waals surface area contributed by atoms with Crippen molar-refractivity contribution in [3.63, 3.8) is 0 Å². The first-order valence-electron chi connectivity index (χ1n) is 14.9. The van der Waals surface area contributed by atoms with Crippen LogP contribution in [0.15, 0.2) is 48.7 Å². The summed E-state index contributed by atoms with van der Waals surface area (Å²) >= 11 is 6.02. The summed E-state index contributed by atoms with van der Waals surface area (Å²) < 4.78 is 38.4. The normalized spacial score (nSPS) is 13.9. The Labute approximate surface area is 275 Å². The molecule has 3 aromatic rings. The zero-order valence-corrected chi connectivity index (χ0v) is 27.3. The lowest BCUT2D eigenvalue weighted by molar-refractivity contribution is -0.134. The number of anilines is 1. The van der Waals surface area contributed by atoms with Crippen LogP contribution in [-0.2, 0) is 20.8 Å².